The zero-order chi connectivity index (χ0) is 64.2. The van der Waals surface area contributed by atoms with E-state index < -0.39 is 0 Å². The highest BCUT2D eigenvalue weighted by atomic mass is 15.1. The summed E-state index contributed by atoms with van der Waals surface area (Å²) in [6, 6.07) is 96.2. The fraction of sp³-hybridized carbons (Fsp3) is 0.0116. The summed E-state index contributed by atoms with van der Waals surface area (Å²) in [5, 5.41) is 8.55. The summed E-state index contributed by atoms with van der Waals surface area (Å²) < 4.78 is 0. The lowest BCUT2D eigenvalue weighted by Crippen LogP contribution is -2.01. The molecule has 11 heteroatoms. The van der Waals surface area contributed by atoms with Crippen LogP contribution in [0.1, 0.15) is 11.1 Å². The van der Waals surface area contributed by atoms with E-state index in [9.17, 15) is 0 Å². The molecule has 97 heavy (non-hydrogen) atoms. The molecule has 11 aromatic carbocycles. The summed E-state index contributed by atoms with van der Waals surface area (Å²) >= 11 is 0. The highest BCUT2D eigenvalue weighted by Crippen LogP contribution is 2.41. The van der Waals surface area contributed by atoms with E-state index in [1.54, 1.807) is 0 Å². The topological polar surface area (TPSA) is 142 Å². The Morgan fingerprint density at radius 1 is 0.216 bits per heavy atom. The van der Waals surface area contributed by atoms with Crippen molar-refractivity contribution in [1.29, 1.82) is 0 Å². The molecular weight excluding hydrogens is 1190 g/mol. The lowest BCUT2D eigenvalue weighted by Gasteiger charge is -2.13. The number of hydrogen-bond donors (Lipinski definition) is 0. The Kier molecular flexibility index (Phi) is 14.0. The number of fused-ring (bicyclic) bond motifs is 10. The van der Waals surface area contributed by atoms with Crippen LogP contribution in [0.2, 0.25) is 0 Å². The third-order valence-electron chi connectivity index (χ3n) is 18.2. The van der Waals surface area contributed by atoms with E-state index in [1.165, 1.54) is 0 Å². The average molecular weight is 1240 g/mol. The average Bonchev–Trinajstić information content (AvgIpc) is 0.754. The molecule has 0 radical (unpaired) electrons. The zero-order valence-electron chi connectivity index (χ0n) is 52.1. The van der Waals surface area contributed by atoms with Crippen molar-refractivity contribution < 1.29 is 0 Å². The van der Waals surface area contributed by atoms with Crippen molar-refractivity contribution in [1.82, 2.24) is 54.8 Å². The predicted octanol–water partition coefficient (Wildman–Crippen LogP) is 20.2. The fourth-order valence-corrected chi connectivity index (χ4v) is 13.3. The van der Waals surface area contributed by atoms with E-state index >= 15 is 0 Å². The van der Waals surface area contributed by atoms with Crippen molar-refractivity contribution >= 4 is 65.2 Å². The van der Waals surface area contributed by atoms with Gasteiger partial charge in [-0.3, -0.25) is 24.9 Å². The Hall–Kier alpha value is -13.3. The molecule has 11 nitrogen and oxygen atoms in total. The van der Waals surface area contributed by atoms with Gasteiger partial charge in [-0.15, -0.1) is 0 Å². The molecule has 452 valence electrons. The zero-order valence-corrected chi connectivity index (χ0v) is 52.1. The van der Waals surface area contributed by atoms with Crippen LogP contribution >= 0.6 is 0 Å². The molecule has 0 amide bonds. The molecule has 0 aliphatic heterocycles. The summed E-state index contributed by atoms with van der Waals surface area (Å²) in [5.41, 5.74) is 19.6. The van der Waals surface area contributed by atoms with Gasteiger partial charge >= 0.3 is 0 Å². The molecule has 7 aromatic heterocycles. The molecule has 0 spiro atoms. The maximum atomic E-state index is 5.12. The van der Waals surface area contributed by atoms with Gasteiger partial charge in [-0.1, -0.05) is 237 Å². The lowest BCUT2D eigenvalue weighted by atomic mass is 9.94. The first-order valence-electron chi connectivity index (χ1n) is 32.2. The first-order chi connectivity index (χ1) is 48.0. The van der Waals surface area contributed by atoms with E-state index in [1.807, 2.05) is 122 Å². The minimum absolute atomic E-state index is 0.478. The first-order valence-corrected chi connectivity index (χ1v) is 32.2. The lowest BCUT2D eigenvalue weighted by molar-refractivity contribution is 1.06. The third-order valence-corrected chi connectivity index (χ3v) is 18.2. The Labute approximate surface area is 557 Å². The summed E-state index contributed by atoms with van der Waals surface area (Å²) in [6.45, 7) is 0. The van der Waals surface area contributed by atoms with E-state index in [0.717, 1.165) is 149 Å². The maximum Gasteiger partial charge on any atom is 0.182 e. The number of hydrogen-bond acceptors (Lipinski definition) is 11. The summed E-state index contributed by atoms with van der Waals surface area (Å²) in [6.07, 6.45) is 10.2. The second kappa shape index (κ2) is 24.0. The second-order valence-electron chi connectivity index (χ2n) is 24.2. The molecule has 0 N–H and O–H groups in total. The van der Waals surface area contributed by atoms with Gasteiger partial charge in [0.05, 0.1) is 22.1 Å². The monoisotopic (exact) mass is 1240 g/mol. The molecule has 18 aromatic rings. The normalized spacial score (nSPS) is 11.5. The van der Waals surface area contributed by atoms with Crippen molar-refractivity contribution in [2.75, 3.05) is 0 Å². The van der Waals surface area contributed by atoms with Crippen LogP contribution in [0.25, 0.3) is 178 Å². The van der Waals surface area contributed by atoms with Crippen molar-refractivity contribution in [2.45, 2.75) is 6.42 Å². The molecule has 7 heterocycles. The number of pyridine rings is 5. The molecule has 0 unspecified atom stereocenters. The number of aromatic nitrogens is 11. The van der Waals surface area contributed by atoms with Crippen LogP contribution < -0.4 is 0 Å². The van der Waals surface area contributed by atoms with Gasteiger partial charge in [0.2, 0.25) is 0 Å². The molecule has 0 saturated heterocycles. The van der Waals surface area contributed by atoms with Crippen LogP contribution in [0.4, 0.5) is 0 Å². The Morgan fingerprint density at radius 2 is 0.567 bits per heavy atom. The molecule has 0 saturated carbocycles. The van der Waals surface area contributed by atoms with Gasteiger partial charge in [-0.05, 0) is 98.6 Å². The van der Waals surface area contributed by atoms with E-state index in [4.69, 9.17) is 54.8 Å². The van der Waals surface area contributed by atoms with Gasteiger partial charge in [-0.2, -0.15) is 0 Å². The number of benzene rings is 11. The van der Waals surface area contributed by atoms with E-state index in [-0.39, 0.29) is 0 Å². The van der Waals surface area contributed by atoms with Crippen LogP contribution in [-0.4, -0.2) is 54.8 Å². The van der Waals surface area contributed by atoms with Gasteiger partial charge in [0.15, 0.2) is 34.9 Å². The summed E-state index contributed by atoms with van der Waals surface area (Å²) in [5.74, 6) is 3.37. The summed E-state index contributed by atoms with van der Waals surface area (Å²) in [7, 11) is 0. The highest BCUT2D eigenvalue weighted by Gasteiger charge is 2.20. The summed E-state index contributed by atoms with van der Waals surface area (Å²) in [4.78, 5) is 55.3. The van der Waals surface area contributed by atoms with Gasteiger partial charge in [0, 0.05) is 108 Å². The molecular formula is C86H53N11. The van der Waals surface area contributed by atoms with Crippen molar-refractivity contribution in [3.05, 3.63) is 321 Å². The maximum absolute atomic E-state index is 5.12. The van der Waals surface area contributed by atoms with Crippen LogP contribution in [0, 0.1) is 0 Å². The van der Waals surface area contributed by atoms with Gasteiger partial charge in [0.1, 0.15) is 5.69 Å². The van der Waals surface area contributed by atoms with Gasteiger partial charge < -0.3 is 0 Å². The van der Waals surface area contributed by atoms with Crippen molar-refractivity contribution in [3.8, 4) is 113 Å². The van der Waals surface area contributed by atoms with Gasteiger partial charge in [-0.25, -0.2) is 29.9 Å². The number of nitrogens with zero attached hydrogens (tertiary/aromatic N) is 11. The first kappa shape index (κ1) is 56.5. The van der Waals surface area contributed by atoms with Crippen LogP contribution in [-0.2, 0) is 6.42 Å². The van der Waals surface area contributed by atoms with Crippen LogP contribution in [0.5, 0.6) is 0 Å². The number of rotatable bonds is 12. The highest BCUT2D eigenvalue weighted by molar-refractivity contribution is 6.22. The molecule has 0 aliphatic carbocycles. The smallest absolute Gasteiger partial charge is 0.182 e. The SMILES string of the molecule is c1ccc(-c2nc(-c3ccc(Cc4ccc(-c5nc(-c6ccccc6)nc(-c6ccc(-c7cnc8c(ccc9cc(-c%10ccccc%10)c%10cccnc%10c98)c7)cn6)n5)cc4)cc3)nc(-c3ccc(-c4cnc5c(ccc6cc(-c7ccccc7)c7cccnc7c65)c4)cc3)n2)cc1. The second-order valence-corrected chi connectivity index (χ2v) is 24.2. The standard InChI is InChI=1S/C86H53N11/c1-5-15-56(16-6-1)72-48-63-37-39-65-46-68(51-90-77(65)75(63)79-70(72)23-13-43-87-79)55-33-35-62(36-34-55)84-93-81(58-19-9-3-10-20-58)92-83(95-84)60-29-25-53(26-30-60)45-54-27-31-61(32-28-54)85-94-82(59-21-11-4-12-22-59)96-86(97-85)74-42-41-67(50-89-74)69-47-66-40-38-64-49-73(57-17-7-2-8-18-57)71-24-14-44-88-80(71)76(64)78(66)91-52-69/h1-44,46-52H,45H2. The Balaban J connectivity index is 0.596. The minimum Gasteiger partial charge on any atom is -0.256 e. The molecule has 0 atom stereocenters. The van der Waals surface area contributed by atoms with Crippen molar-refractivity contribution in [3.63, 3.8) is 0 Å². The molecule has 0 fully saturated rings. The third kappa shape index (κ3) is 10.7. The quantitative estimate of drug-likeness (QED) is 0.108. The van der Waals surface area contributed by atoms with Crippen molar-refractivity contribution in [2.24, 2.45) is 0 Å². The van der Waals surface area contributed by atoms with E-state index in [0.29, 0.717) is 47.1 Å². The molecule has 0 aliphatic rings. The minimum atomic E-state index is 0.478. The van der Waals surface area contributed by atoms with Crippen LogP contribution in [0.15, 0.2) is 310 Å². The Morgan fingerprint density at radius 3 is 0.990 bits per heavy atom. The van der Waals surface area contributed by atoms with Crippen LogP contribution in [0.3, 0.4) is 0 Å². The fourth-order valence-electron chi connectivity index (χ4n) is 13.3. The molecule has 18 rings (SSSR count). The Bertz CT molecular complexity index is 5670. The molecule has 0 bridgehead atoms. The largest absolute Gasteiger partial charge is 0.256 e. The van der Waals surface area contributed by atoms with Gasteiger partial charge in [0.25, 0.3) is 0 Å². The van der Waals surface area contributed by atoms with E-state index in [2.05, 4.69) is 188 Å². The predicted molar refractivity (Wildman–Crippen MR) is 391 cm³/mol.